The molecule has 0 atom stereocenters. The summed E-state index contributed by atoms with van der Waals surface area (Å²) >= 11 is 3.40. The number of hydrogen-bond donors (Lipinski definition) is 1. The Kier molecular flexibility index (Phi) is 2.22. The minimum Gasteiger partial charge on any atom is -0.463 e. The Balaban J connectivity index is 2.28. The van der Waals surface area contributed by atoms with Gasteiger partial charge in [0.15, 0.2) is 5.58 Å². The minimum absolute atomic E-state index is 0.207. The van der Waals surface area contributed by atoms with E-state index in [0.717, 1.165) is 20.9 Å². The van der Waals surface area contributed by atoms with Crippen molar-refractivity contribution in [2.75, 3.05) is 7.11 Å². The smallest absolute Gasteiger partial charge is 0.374 e. The fourth-order valence-electron chi connectivity index (χ4n) is 1.85. The summed E-state index contributed by atoms with van der Waals surface area (Å²) in [5.74, 6) is -0.265. The van der Waals surface area contributed by atoms with Gasteiger partial charge in [0.1, 0.15) is 0 Å². The van der Waals surface area contributed by atoms with Crippen LogP contribution in [0.25, 0.3) is 22.0 Å². The van der Waals surface area contributed by atoms with Crippen LogP contribution >= 0.6 is 15.9 Å². The highest BCUT2D eigenvalue weighted by molar-refractivity contribution is 9.10. The molecule has 0 spiro atoms. The quantitative estimate of drug-likeness (QED) is 0.699. The van der Waals surface area contributed by atoms with Gasteiger partial charge in [0, 0.05) is 15.9 Å². The number of hydrogen-bond acceptors (Lipinski definition) is 3. The van der Waals surface area contributed by atoms with E-state index < -0.39 is 5.97 Å². The first-order valence-electron chi connectivity index (χ1n) is 4.98. The van der Waals surface area contributed by atoms with E-state index in [2.05, 4.69) is 25.7 Å². The van der Waals surface area contributed by atoms with Gasteiger partial charge in [0.2, 0.25) is 5.76 Å². The lowest BCUT2D eigenvalue weighted by Gasteiger charge is -1.93. The van der Waals surface area contributed by atoms with Crippen LogP contribution in [-0.2, 0) is 4.74 Å². The minimum atomic E-state index is -0.472. The van der Waals surface area contributed by atoms with Crippen molar-refractivity contribution in [1.82, 2.24) is 4.98 Å². The summed E-state index contributed by atoms with van der Waals surface area (Å²) in [6, 6.07) is 7.47. The number of benzene rings is 1. The summed E-state index contributed by atoms with van der Waals surface area (Å²) < 4.78 is 11.1. The third-order valence-electron chi connectivity index (χ3n) is 2.61. The molecule has 2 heterocycles. The van der Waals surface area contributed by atoms with Gasteiger partial charge in [-0.2, -0.15) is 0 Å². The Bertz CT molecular complexity index is 726. The van der Waals surface area contributed by atoms with Crippen LogP contribution in [0.5, 0.6) is 0 Å². The number of ether oxygens (including phenoxy) is 1. The first-order chi connectivity index (χ1) is 8.19. The number of furan rings is 1. The number of carbonyl (C=O) groups excluding carboxylic acids is 1. The van der Waals surface area contributed by atoms with Crippen molar-refractivity contribution in [3.8, 4) is 0 Å². The Morgan fingerprint density at radius 1 is 1.35 bits per heavy atom. The topological polar surface area (TPSA) is 55.2 Å². The van der Waals surface area contributed by atoms with E-state index in [1.54, 1.807) is 6.07 Å². The zero-order chi connectivity index (χ0) is 12.0. The maximum absolute atomic E-state index is 11.3. The number of rotatable bonds is 1. The van der Waals surface area contributed by atoms with Gasteiger partial charge in [-0.05, 0) is 18.2 Å². The number of H-pyrrole nitrogens is 1. The third-order valence-corrected chi connectivity index (χ3v) is 3.11. The summed E-state index contributed by atoms with van der Waals surface area (Å²) in [5, 5.41) is 0.943. The van der Waals surface area contributed by atoms with E-state index in [-0.39, 0.29) is 5.76 Å². The molecule has 1 N–H and O–H groups in total. The molecule has 4 nitrogen and oxygen atoms in total. The number of fused-ring (bicyclic) bond motifs is 3. The van der Waals surface area contributed by atoms with Crippen molar-refractivity contribution in [1.29, 1.82) is 0 Å². The fraction of sp³-hybridized carbons (Fsp3) is 0.0833. The Hall–Kier alpha value is -1.75. The van der Waals surface area contributed by atoms with Crippen LogP contribution in [0, 0.1) is 0 Å². The van der Waals surface area contributed by atoms with E-state index in [9.17, 15) is 4.79 Å². The molecule has 0 aliphatic heterocycles. The van der Waals surface area contributed by atoms with Crippen LogP contribution < -0.4 is 0 Å². The van der Waals surface area contributed by atoms with Crippen LogP contribution in [0.4, 0.5) is 0 Å². The van der Waals surface area contributed by atoms with Gasteiger partial charge in [-0.1, -0.05) is 15.9 Å². The zero-order valence-corrected chi connectivity index (χ0v) is 10.5. The molecule has 17 heavy (non-hydrogen) atoms. The summed E-state index contributed by atoms with van der Waals surface area (Å²) in [7, 11) is 1.33. The number of halogens is 1. The first kappa shape index (κ1) is 10.4. The van der Waals surface area contributed by atoms with Crippen molar-refractivity contribution >= 4 is 43.9 Å². The predicted molar refractivity (Wildman–Crippen MR) is 67.1 cm³/mol. The van der Waals surface area contributed by atoms with Gasteiger partial charge in [0.05, 0.1) is 18.1 Å². The van der Waals surface area contributed by atoms with Gasteiger partial charge < -0.3 is 14.1 Å². The Labute approximate surface area is 105 Å². The third kappa shape index (κ3) is 1.54. The number of carbonyl (C=O) groups is 1. The monoisotopic (exact) mass is 293 g/mol. The average molecular weight is 294 g/mol. The van der Waals surface area contributed by atoms with E-state index in [1.807, 2.05) is 18.2 Å². The Morgan fingerprint density at radius 2 is 2.18 bits per heavy atom. The van der Waals surface area contributed by atoms with Crippen molar-refractivity contribution < 1.29 is 13.9 Å². The van der Waals surface area contributed by atoms with Gasteiger partial charge in [-0.3, -0.25) is 0 Å². The number of nitrogens with one attached hydrogen (secondary N) is 1. The second-order valence-electron chi connectivity index (χ2n) is 3.66. The molecular formula is C12H8BrNO3. The van der Waals surface area contributed by atoms with Gasteiger partial charge in [-0.15, -0.1) is 0 Å². The van der Waals surface area contributed by atoms with Crippen molar-refractivity contribution in [2.24, 2.45) is 0 Å². The number of aromatic amines is 1. The highest BCUT2D eigenvalue weighted by atomic mass is 79.9. The molecule has 86 valence electrons. The maximum atomic E-state index is 11.3. The number of esters is 1. The molecule has 3 aromatic rings. The molecule has 2 aromatic heterocycles. The molecule has 0 fully saturated rings. The Morgan fingerprint density at radius 3 is 2.94 bits per heavy atom. The second kappa shape index (κ2) is 3.63. The molecule has 3 rings (SSSR count). The lowest BCUT2D eigenvalue weighted by molar-refractivity contribution is 0.0568. The summed E-state index contributed by atoms with van der Waals surface area (Å²) in [5.41, 5.74) is 2.43. The number of methoxy groups -OCH3 is 1. The summed E-state index contributed by atoms with van der Waals surface area (Å²) in [6.45, 7) is 0. The van der Waals surface area contributed by atoms with Crippen LogP contribution in [-0.4, -0.2) is 18.1 Å². The maximum Gasteiger partial charge on any atom is 0.374 e. The largest absolute Gasteiger partial charge is 0.463 e. The molecule has 0 radical (unpaired) electrons. The number of aromatic nitrogens is 1. The van der Waals surface area contributed by atoms with Gasteiger partial charge in [0.25, 0.3) is 0 Å². The molecule has 0 saturated heterocycles. The van der Waals surface area contributed by atoms with Gasteiger partial charge in [-0.25, -0.2) is 4.79 Å². The first-order valence-corrected chi connectivity index (χ1v) is 5.77. The van der Waals surface area contributed by atoms with Gasteiger partial charge >= 0.3 is 5.97 Å². The summed E-state index contributed by atoms with van der Waals surface area (Å²) in [6.07, 6.45) is 0. The molecule has 0 saturated carbocycles. The van der Waals surface area contributed by atoms with Crippen molar-refractivity contribution in [3.05, 3.63) is 34.5 Å². The second-order valence-corrected chi connectivity index (χ2v) is 4.58. The molecule has 0 amide bonds. The predicted octanol–water partition coefficient (Wildman–Crippen LogP) is 3.46. The van der Waals surface area contributed by atoms with Crippen LogP contribution in [0.15, 0.2) is 33.2 Å². The fourth-order valence-corrected chi connectivity index (χ4v) is 2.21. The summed E-state index contributed by atoms with van der Waals surface area (Å²) in [4.78, 5) is 14.5. The molecule has 0 aliphatic rings. The van der Waals surface area contributed by atoms with E-state index in [1.165, 1.54) is 7.11 Å². The lowest BCUT2D eigenvalue weighted by atomic mass is 10.2. The van der Waals surface area contributed by atoms with Crippen LogP contribution in [0.3, 0.4) is 0 Å². The molecule has 0 unspecified atom stereocenters. The standard InChI is InChI=1S/C12H8BrNO3/c1-16-12(15)10-5-9-11(17-10)7-3-2-6(13)4-8(7)14-9/h2-5,14H,1H3. The van der Waals surface area contributed by atoms with E-state index in [4.69, 9.17) is 4.42 Å². The van der Waals surface area contributed by atoms with Crippen molar-refractivity contribution in [2.45, 2.75) is 0 Å². The normalized spacial score (nSPS) is 11.2. The molecule has 0 bridgehead atoms. The SMILES string of the molecule is COC(=O)c1cc2[nH]c3cc(Br)ccc3c2o1. The highest BCUT2D eigenvalue weighted by Crippen LogP contribution is 2.30. The van der Waals surface area contributed by atoms with E-state index >= 15 is 0 Å². The molecular weight excluding hydrogens is 286 g/mol. The average Bonchev–Trinajstić information content (AvgIpc) is 2.84. The molecule has 1 aromatic carbocycles. The molecule has 0 aliphatic carbocycles. The highest BCUT2D eigenvalue weighted by Gasteiger charge is 2.15. The molecule has 5 heteroatoms. The van der Waals surface area contributed by atoms with Crippen LogP contribution in [0.1, 0.15) is 10.6 Å². The van der Waals surface area contributed by atoms with Crippen LogP contribution in [0.2, 0.25) is 0 Å². The lowest BCUT2D eigenvalue weighted by Crippen LogP contribution is -1.98. The van der Waals surface area contributed by atoms with Crippen molar-refractivity contribution in [3.63, 3.8) is 0 Å². The van der Waals surface area contributed by atoms with E-state index in [0.29, 0.717) is 5.58 Å². The zero-order valence-electron chi connectivity index (χ0n) is 8.91.